The summed E-state index contributed by atoms with van der Waals surface area (Å²) in [6.07, 6.45) is -7.17. The number of anilines is 1. The van der Waals surface area contributed by atoms with E-state index in [0.717, 1.165) is 11.1 Å². The topological polar surface area (TPSA) is 341 Å². The van der Waals surface area contributed by atoms with Gasteiger partial charge in [0.25, 0.3) is 0 Å². The predicted octanol–water partition coefficient (Wildman–Crippen LogP) is 4.06. The van der Waals surface area contributed by atoms with Crippen molar-refractivity contribution in [2.24, 2.45) is 5.73 Å². The first-order valence-electron chi connectivity index (χ1n) is 26.0. The molecule has 2 aliphatic carbocycles. The number of aromatic hydroxyl groups is 2. The maximum atomic E-state index is 14.1. The Morgan fingerprint density at radius 2 is 1.41 bits per heavy atom. The Hall–Kier alpha value is -8.25. The number of unbranched alkanes of at least 4 members (excludes halogenated alkanes) is 1. The number of ether oxygens (including phenoxy) is 5. The number of benzene rings is 5. The molecule has 11 N–H and O–H groups in total. The molecule has 1 aliphatic heterocycles. The van der Waals surface area contributed by atoms with Gasteiger partial charge in [-0.1, -0.05) is 84.9 Å². The van der Waals surface area contributed by atoms with Crippen molar-refractivity contribution in [2.75, 3.05) is 25.6 Å². The number of hydrogen-bond donors (Lipinski definition) is 10. The molecular weight excluding hydrogens is 1040 g/mol. The minimum atomic E-state index is -2.41. The van der Waals surface area contributed by atoms with E-state index < -0.39 is 132 Å². The molecule has 1 heterocycles. The zero-order chi connectivity index (χ0) is 57.3. The highest BCUT2D eigenvalue weighted by Crippen LogP contribution is 2.52. The first-order valence-corrected chi connectivity index (χ1v) is 26.0. The lowest BCUT2D eigenvalue weighted by Gasteiger charge is -2.42. The molecule has 5 aromatic rings. The molecule has 0 radical (unpaired) electrons. The second-order valence-corrected chi connectivity index (χ2v) is 19.8. The van der Waals surface area contributed by atoms with Gasteiger partial charge in [-0.2, -0.15) is 0 Å². The third kappa shape index (κ3) is 13.1. The van der Waals surface area contributed by atoms with Crippen LogP contribution in [0.5, 0.6) is 17.2 Å². The number of aliphatic hydroxyl groups is 3. The number of phenols is 2. The molecule has 80 heavy (non-hydrogen) atoms. The second kappa shape index (κ2) is 25.7. The van der Waals surface area contributed by atoms with Crippen LogP contribution >= 0.6 is 0 Å². The number of amides is 4. The highest BCUT2D eigenvalue weighted by molar-refractivity contribution is 6.31. The van der Waals surface area contributed by atoms with Crippen LogP contribution in [0.25, 0.3) is 0 Å². The van der Waals surface area contributed by atoms with E-state index in [4.69, 9.17) is 29.4 Å². The van der Waals surface area contributed by atoms with E-state index in [1.807, 2.05) is 36.4 Å². The van der Waals surface area contributed by atoms with Crippen LogP contribution < -0.4 is 31.7 Å². The van der Waals surface area contributed by atoms with Gasteiger partial charge in [-0.05, 0) is 67.6 Å². The van der Waals surface area contributed by atoms with Crippen LogP contribution in [0.4, 0.5) is 15.3 Å². The van der Waals surface area contributed by atoms with Gasteiger partial charge < -0.3 is 76.2 Å². The van der Waals surface area contributed by atoms with E-state index in [0.29, 0.717) is 30.6 Å². The third-order valence-corrected chi connectivity index (χ3v) is 14.3. The average molecular weight is 1100 g/mol. The van der Waals surface area contributed by atoms with E-state index in [1.165, 1.54) is 32.2 Å². The van der Waals surface area contributed by atoms with Gasteiger partial charge in [0, 0.05) is 48.1 Å². The molecular formula is C58H63N5O17. The molecule has 0 spiro atoms. The number of methoxy groups -OCH3 is 1. The van der Waals surface area contributed by atoms with Crippen LogP contribution in [0.2, 0.25) is 0 Å². The Labute approximate surface area is 459 Å². The Morgan fingerprint density at radius 3 is 2.08 bits per heavy atom. The fraction of sp³-hybridized carbons (Fsp3) is 0.362. The normalized spacial score (nSPS) is 20.9. The van der Waals surface area contributed by atoms with Crippen LogP contribution in [-0.2, 0) is 59.4 Å². The third-order valence-electron chi connectivity index (χ3n) is 14.3. The number of phenolic OH excluding ortho intramolecular Hbond substituents is 2. The minimum absolute atomic E-state index is 0.0205. The summed E-state index contributed by atoms with van der Waals surface area (Å²) in [7, 11) is 1.29. The van der Waals surface area contributed by atoms with E-state index in [9.17, 15) is 59.1 Å². The summed E-state index contributed by atoms with van der Waals surface area (Å²) in [5.74, 6) is -5.44. The van der Waals surface area contributed by atoms with Crippen molar-refractivity contribution in [1.29, 1.82) is 0 Å². The van der Waals surface area contributed by atoms with E-state index in [2.05, 4.69) is 21.3 Å². The maximum Gasteiger partial charge on any atom is 0.408 e. The number of rotatable bonds is 21. The second-order valence-electron chi connectivity index (χ2n) is 19.8. The number of carbonyl (C=O) groups is 7. The average Bonchev–Trinajstić information content (AvgIpc) is 3.59. The van der Waals surface area contributed by atoms with Crippen LogP contribution in [0.3, 0.4) is 0 Å². The summed E-state index contributed by atoms with van der Waals surface area (Å²) >= 11 is 0. The minimum Gasteiger partial charge on any atom is -0.507 e. The van der Waals surface area contributed by atoms with E-state index >= 15 is 0 Å². The SMILES string of the molecule is COc1cccc2c1C(=O)c1c(O)c3c(c(O)c1C2=O)C[C@@](O)(C(=O)CO)CC3OC1CC(NC(=O)OCc2ccc(NC(=O)C(CCCCN)NC(=O)[C@H](Cc3ccccc3)NC(=O)OCc3ccccc3)cc2)C(O)C(C)O1. The van der Waals surface area contributed by atoms with Crippen molar-refractivity contribution < 1.29 is 82.8 Å². The molecule has 8 atom stereocenters. The molecule has 1 saturated heterocycles. The number of carbonyl (C=O) groups excluding carboxylic acids is 7. The molecule has 22 heteroatoms. The standard InChI is InChI=1S/C58H63N5O17/c1-31-49(66)39(25-44(79-31)80-42-27-58(75,43(65)28-64)26-37-46(42)53(70)48-47(51(37)68)50(67)36-16-11-18-41(76-2)45(36)52(48)69)62-56(73)78-30-34-19-21-35(22-20-34)60-54(71)38(17-9-10-23-59)61-55(72)40(24-32-12-5-3-6-13-32)63-57(74)77-29-33-14-7-4-8-15-33/h3-8,11-16,18-22,31,38-40,42,44,49,64,66,68,70,75H,9-10,17,23-30,59H2,1-2H3,(H,60,71)(H,61,72)(H,62,73)(H,63,74)/t31?,38?,39?,40-,42?,44?,49?,58-/m0/s1. The van der Waals surface area contributed by atoms with Crippen LogP contribution in [0.1, 0.15) is 105 Å². The summed E-state index contributed by atoms with van der Waals surface area (Å²) in [6.45, 7) is 0.440. The van der Waals surface area contributed by atoms with Crippen molar-refractivity contribution in [2.45, 2.75) is 113 Å². The van der Waals surface area contributed by atoms with E-state index in [1.54, 1.807) is 48.5 Å². The lowest BCUT2D eigenvalue weighted by Crippen LogP contribution is -2.56. The Bertz CT molecular complexity index is 3110. The lowest BCUT2D eigenvalue weighted by molar-refractivity contribution is -0.249. The number of ketones is 3. The van der Waals surface area contributed by atoms with Crippen LogP contribution in [-0.4, -0.2) is 129 Å². The lowest BCUT2D eigenvalue weighted by atomic mass is 9.72. The first-order chi connectivity index (χ1) is 38.4. The largest absolute Gasteiger partial charge is 0.507 e. The number of fused-ring (bicyclic) bond motifs is 3. The summed E-state index contributed by atoms with van der Waals surface area (Å²) < 4.78 is 28.5. The van der Waals surface area contributed by atoms with Crippen molar-refractivity contribution in [1.82, 2.24) is 16.0 Å². The Morgan fingerprint density at radius 1 is 0.762 bits per heavy atom. The van der Waals surface area contributed by atoms with Crippen LogP contribution in [0, 0.1) is 0 Å². The van der Waals surface area contributed by atoms with Gasteiger partial charge >= 0.3 is 12.2 Å². The number of hydrogen-bond acceptors (Lipinski definition) is 18. The first kappa shape index (κ1) is 57.9. The number of nitrogens with two attached hydrogens (primary N) is 1. The Kier molecular flexibility index (Phi) is 18.6. The van der Waals surface area contributed by atoms with Crippen LogP contribution in [0.15, 0.2) is 103 Å². The zero-order valence-electron chi connectivity index (χ0n) is 43.8. The van der Waals surface area contributed by atoms with Gasteiger partial charge in [0.15, 0.2) is 17.9 Å². The van der Waals surface area contributed by atoms with Crippen molar-refractivity contribution >= 4 is 47.0 Å². The van der Waals surface area contributed by atoms with E-state index in [-0.39, 0.29) is 60.5 Å². The molecule has 422 valence electrons. The smallest absolute Gasteiger partial charge is 0.408 e. The fourth-order valence-electron chi connectivity index (χ4n) is 10.1. The quantitative estimate of drug-likeness (QED) is 0.0359. The Balaban J connectivity index is 0.903. The summed E-state index contributed by atoms with van der Waals surface area (Å²) in [5, 5.41) is 67.2. The molecule has 0 aromatic heterocycles. The van der Waals surface area contributed by atoms with Crippen molar-refractivity contribution in [3.63, 3.8) is 0 Å². The van der Waals surface area contributed by atoms with Gasteiger partial charge in [0.05, 0.1) is 42.0 Å². The summed E-state index contributed by atoms with van der Waals surface area (Å²) in [6, 6.07) is 25.4. The molecule has 22 nitrogen and oxygen atoms in total. The zero-order valence-corrected chi connectivity index (χ0v) is 43.8. The molecule has 4 amide bonds. The highest BCUT2D eigenvalue weighted by Gasteiger charge is 2.50. The predicted molar refractivity (Wildman–Crippen MR) is 284 cm³/mol. The van der Waals surface area contributed by atoms with Crippen molar-refractivity contribution in [3.8, 4) is 17.2 Å². The van der Waals surface area contributed by atoms with Gasteiger partial charge in [0.2, 0.25) is 17.6 Å². The number of nitrogens with one attached hydrogen (secondary N) is 4. The summed E-state index contributed by atoms with van der Waals surface area (Å²) in [4.78, 5) is 95.0. The van der Waals surface area contributed by atoms with Crippen molar-refractivity contribution in [3.05, 3.63) is 153 Å². The monoisotopic (exact) mass is 1100 g/mol. The fourth-order valence-corrected chi connectivity index (χ4v) is 10.1. The molecule has 5 aromatic carbocycles. The van der Waals surface area contributed by atoms with Gasteiger partial charge in [-0.3, -0.25) is 24.0 Å². The van der Waals surface area contributed by atoms with Gasteiger partial charge in [-0.25, -0.2) is 9.59 Å². The molecule has 1 fully saturated rings. The molecule has 6 unspecified atom stereocenters. The summed E-state index contributed by atoms with van der Waals surface area (Å²) in [5.41, 5.74) is 3.76. The number of Topliss-reactive ketones (excluding diaryl/α,β-unsaturated/α-hetero) is 1. The molecule has 0 bridgehead atoms. The molecule has 3 aliphatic rings. The number of aliphatic hydroxyl groups excluding tert-OH is 2. The molecule has 0 saturated carbocycles. The number of alkyl carbamates (subject to hydrolysis) is 2. The van der Waals surface area contributed by atoms with Gasteiger partial charge in [0.1, 0.15) is 60.9 Å². The highest BCUT2D eigenvalue weighted by atomic mass is 16.7. The molecule has 8 rings (SSSR count). The maximum absolute atomic E-state index is 14.1. The van der Waals surface area contributed by atoms with Gasteiger partial charge in [-0.15, -0.1) is 0 Å².